The highest BCUT2D eigenvalue weighted by Crippen LogP contribution is 2.56. The molecule has 0 atom stereocenters. The summed E-state index contributed by atoms with van der Waals surface area (Å²) in [5.41, 5.74) is 9.81. The Morgan fingerprint density at radius 2 is 1.59 bits per heavy atom. The van der Waals surface area contributed by atoms with Gasteiger partial charge in [0, 0.05) is 5.56 Å². The second-order valence-electron chi connectivity index (χ2n) is 8.61. The SMILES string of the molecule is CCC(CC)(N(Cc1ccc(C(=O)Nc2cc(-c3ccccc3)ccc2N)cc1)C(=O)OC)P(=O)(O)O. The topological polar surface area (TPSA) is 142 Å². The average molecular weight is 526 g/mol. The molecule has 0 aliphatic rings. The second kappa shape index (κ2) is 11.6. The van der Waals surface area contributed by atoms with Crippen LogP contribution in [0.4, 0.5) is 16.2 Å². The van der Waals surface area contributed by atoms with Gasteiger partial charge in [0.2, 0.25) is 0 Å². The lowest BCUT2D eigenvalue weighted by atomic mass is 10.0. The summed E-state index contributed by atoms with van der Waals surface area (Å²) in [5.74, 6) is -0.375. The third kappa shape index (κ3) is 6.02. The third-order valence-electron chi connectivity index (χ3n) is 6.54. The number of rotatable bonds is 9. The van der Waals surface area contributed by atoms with E-state index in [-0.39, 0.29) is 25.3 Å². The Labute approximate surface area is 216 Å². The van der Waals surface area contributed by atoms with E-state index in [0.717, 1.165) is 23.1 Å². The summed E-state index contributed by atoms with van der Waals surface area (Å²) in [7, 11) is -3.55. The molecule has 196 valence electrons. The minimum absolute atomic E-state index is 0.0346. The van der Waals surface area contributed by atoms with Crippen LogP contribution in [0.1, 0.15) is 42.6 Å². The van der Waals surface area contributed by atoms with Gasteiger partial charge in [0.25, 0.3) is 5.91 Å². The van der Waals surface area contributed by atoms with Gasteiger partial charge in [0.1, 0.15) is 5.28 Å². The van der Waals surface area contributed by atoms with Gasteiger partial charge in [0.05, 0.1) is 25.0 Å². The van der Waals surface area contributed by atoms with Crippen LogP contribution in [0.2, 0.25) is 0 Å². The van der Waals surface area contributed by atoms with Crippen molar-refractivity contribution in [1.29, 1.82) is 0 Å². The van der Waals surface area contributed by atoms with Crippen LogP contribution in [0.25, 0.3) is 11.1 Å². The number of nitrogens with one attached hydrogen (secondary N) is 1. The molecule has 3 aromatic rings. The molecule has 37 heavy (non-hydrogen) atoms. The molecule has 0 radical (unpaired) electrons. The molecule has 3 aromatic carbocycles. The van der Waals surface area contributed by atoms with Crippen LogP contribution in [0.15, 0.2) is 72.8 Å². The molecule has 0 fully saturated rings. The first kappa shape index (κ1) is 27.9. The number of ether oxygens (including phenoxy) is 1. The van der Waals surface area contributed by atoms with Crippen molar-refractivity contribution in [3.8, 4) is 11.1 Å². The van der Waals surface area contributed by atoms with Crippen molar-refractivity contribution >= 4 is 31.0 Å². The number of methoxy groups -OCH3 is 1. The molecule has 0 bridgehead atoms. The quantitative estimate of drug-likeness (QED) is 0.215. The van der Waals surface area contributed by atoms with Crippen molar-refractivity contribution in [2.24, 2.45) is 0 Å². The Morgan fingerprint density at radius 3 is 2.14 bits per heavy atom. The number of amides is 2. The van der Waals surface area contributed by atoms with Gasteiger partial charge in [0.15, 0.2) is 0 Å². The lowest BCUT2D eigenvalue weighted by Gasteiger charge is -2.42. The van der Waals surface area contributed by atoms with Crippen LogP contribution in [0.5, 0.6) is 0 Å². The predicted molar refractivity (Wildman–Crippen MR) is 144 cm³/mol. The van der Waals surface area contributed by atoms with Gasteiger partial charge >= 0.3 is 13.7 Å². The number of nitrogens with zero attached hydrogens (tertiary/aromatic N) is 1. The Morgan fingerprint density at radius 1 is 0.973 bits per heavy atom. The van der Waals surface area contributed by atoms with Gasteiger partial charge in [-0.2, -0.15) is 0 Å². The molecule has 9 nitrogen and oxygen atoms in total. The second-order valence-corrected chi connectivity index (χ2v) is 10.5. The lowest BCUT2D eigenvalue weighted by Crippen LogP contribution is -2.50. The number of carbonyl (C=O) groups excluding carboxylic acids is 2. The van der Waals surface area contributed by atoms with Crippen LogP contribution in [-0.4, -0.2) is 39.1 Å². The van der Waals surface area contributed by atoms with E-state index in [9.17, 15) is 23.9 Å². The summed E-state index contributed by atoms with van der Waals surface area (Å²) in [4.78, 5) is 46.7. The van der Waals surface area contributed by atoms with Crippen molar-refractivity contribution in [2.45, 2.75) is 38.5 Å². The fourth-order valence-corrected chi connectivity index (χ4v) is 5.60. The predicted octanol–water partition coefficient (Wildman–Crippen LogP) is 5.45. The first-order chi connectivity index (χ1) is 17.6. The van der Waals surface area contributed by atoms with Gasteiger partial charge < -0.3 is 25.6 Å². The zero-order valence-electron chi connectivity index (χ0n) is 21.0. The Bertz CT molecular complexity index is 1290. The first-order valence-corrected chi connectivity index (χ1v) is 13.4. The molecule has 2 amide bonds. The van der Waals surface area contributed by atoms with Crippen molar-refractivity contribution in [3.05, 3.63) is 83.9 Å². The van der Waals surface area contributed by atoms with E-state index in [1.807, 2.05) is 42.5 Å². The highest BCUT2D eigenvalue weighted by Gasteiger charge is 2.51. The van der Waals surface area contributed by atoms with E-state index < -0.39 is 19.0 Å². The van der Waals surface area contributed by atoms with E-state index in [4.69, 9.17) is 10.5 Å². The number of hydrogen-bond acceptors (Lipinski definition) is 5. The number of benzene rings is 3. The summed E-state index contributed by atoms with van der Waals surface area (Å²) in [6.07, 6.45) is -0.776. The first-order valence-electron chi connectivity index (χ1n) is 11.8. The number of nitrogen functional groups attached to an aromatic ring is 1. The maximum Gasteiger partial charge on any atom is 0.410 e. The van der Waals surface area contributed by atoms with Crippen LogP contribution in [0, 0.1) is 0 Å². The minimum Gasteiger partial charge on any atom is -0.453 e. The zero-order chi connectivity index (χ0) is 27.2. The number of hydrogen-bond donors (Lipinski definition) is 4. The molecular weight excluding hydrogens is 493 g/mol. The lowest BCUT2D eigenvalue weighted by molar-refractivity contribution is 0.0731. The summed E-state index contributed by atoms with van der Waals surface area (Å²) < 4.78 is 17.2. The summed E-state index contributed by atoms with van der Waals surface area (Å²) >= 11 is 0. The Kier molecular flexibility index (Phi) is 8.76. The zero-order valence-corrected chi connectivity index (χ0v) is 21.9. The number of anilines is 2. The molecule has 0 aromatic heterocycles. The van der Waals surface area contributed by atoms with Crippen LogP contribution in [-0.2, 0) is 15.8 Å². The van der Waals surface area contributed by atoms with Crippen molar-refractivity contribution in [3.63, 3.8) is 0 Å². The van der Waals surface area contributed by atoms with Gasteiger partial charge in [-0.05, 0) is 53.8 Å². The highest BCUT2D eigenvalue weighted by atomic mass is 31.2. The maximum absolute atomic E-state index is 12.9. The number of nitrogens with two attached hydrogens (primary N) is 1. The molecule has 5 N–H and O–H groups in total. The molecule has 0 saturated heterocycles. The van der Waals surface area contributed by atoms with Crippen LogP contribution < -0.4 is 11.1 Å². The Hall–Kier alpha value is -3.65. The van der Waals surface area contributed by atoms with E-state index >= 15 is 0 Å². The standard InChI is InChI=1S/C27H32N3O6P/c1-4-27(5-2,37(33,34)35)30(26(32)36-3)18-19-11-13-21(14-12-19)25(31)29-24-17-22(15-16-23(24)28)20-9-7-6-8-10-20/h6-17H,4-5,18,28H2,1-3H3,(H,29,31)(H2,33,34,35). The van der Waals surface area contributed by atoms with Crippen LogP contribution in [0.3, 0.4) is 0 Å². The summed E-state index contributed by atoms with van der Waals surface area (Å²) in [5, 5.41) is 1.12. The van der Waals surface area contributed by atoms with E-state index in [1.165, 1.54) is 0 Å². The summed E-state index contributed by atoms with van der Waals surface area (Å²) in [6, 6.07) is 21.5. The van der Waals surface area contributed by atoms with Crippen LogP contribution >= 0.6 is 7.60 Å². The molecule has 3 rings (SSSR count). The van der Waals surface area contributed by atoms with E-state index in [1.54, 1.807) is 44.2 Å². The van der Waals surface area contributed by atoms with E-state index in [0.29, 0.717) is 22.5 Å². The fraction of sp³-hybridized carbons (Fsp3) is 0.259. The smallest absolute Gasteiger partial charge is 0.410 e. The van der Waals surface area contributed by atoms with Gasteiger partial charge in [-0.25, -0.2) is 4.79 Å². The molecule has 0 spiro atoms. The molecule has 0 aliphatic heterocycles. The normalized spacial score (nSPS) is 11.6. The molecule has 0 unspecified atom stereocenters. The molecule has 0 heterocycles. The number of carbonyl (C=O) groups is 2. The highest BCUT2D eigenvalue weighted by molar-refractivity contribution is 7.53. The summed E-state index contributed by atoms with van der Waals surface area (Å²) in [6.45, 7) is 3.13. The van der Waals surface area contributed by atoms with Gasteiger partial charge in [-0.3, -0.25) is 14.3 Å². The largest absolute Gasteiger partial charge is 0.453 e. The Balaban J connectivity index is 1.82. The van der Waals surface area contributed by atoms with Gasteiger partial charge in [-0.1, -0.05) is 62.4 Å². The molecule has 0 aliphatic carbocycles. The molecule has 0 saturated carbocycles. The molecular formula is C27H32N3O6P. The van der Waals surface area contributed by atoms with Crippen molar-refractivity contribution in [1.82, 2.24) is 4.90 Å². The van der Waals surface area contributed by atoms with Gasteiger partial charge in [-0.15, -0.1) is 0 Å². The van der Waals surface area contributed by atoms with Crippen molar-refractivity contribution in [2.75, 3.05) is 18.2 Å². The average Bonchev–Trinajstić information content (AvgIpc) is 2.89. The fourth-order valence-electron chi connectivity index (χ4n) is 4.31. The molecule has 10 heteroatoms. The monoisotopic (exact) mass is 525 g/mol. The maximum atomic E-state index is 12.9. The minimum atomic E-state index is -4.71. The van der Waals surface area contributed by atoms with Crippen molar-refractivity contribution < 1.29 is 28.7 Å². The third-order valence-corrected chi connectivity index (χ3v) is 8.50. The van der Waals surface area contributed by atoms with E-state index in [2.05, 4.69) is 5.32 Å².